The predicted molar refractivity (Wildman–Crippen MR) is 143 cm³/mol. The lowest BCUT2D eigenvalue weighted by Gasteiger charge is -2.31. The molecule has 0 aliphatic carbocycles. The van der Waals surface area contributed by atoms with Crippen molar-refractivity contribution in [3.63, 3.8) is 0 Å². The van der Waals surface area contributed by atoms with Gasteiger partial charge in [-0.3, -0.25) is 9.05 Å². The van der Waals surface area contributed by atoms with Gasteiger partial charge >= 0.3 is 7.75 Å². The summed E-state index contributed by atoms with van der Waals surface area (Å²) in [5.74, 6) is 0.378. The fourth-order valence-corrected chi connectivity index (χ4v) is 6.17. The first-order valence-corrected chi connectivity index (χ1v) is 14.3. The van der Waals surface area contributed by atoms with Crippen LogP contribution in [0.5, 0.6) is 0 Å². The van der Waals surface area contributed by atoms with Crippen molar-refractivity contribution >= 4 is 25.4 Å². The van der Waals surface area contributed by atoms with Gasteiger partial charge < -0.3 is 9.64 Å². The van der Waals surface area contributed by atoms with Gasteiger partial charge in [0, 0.05) is 18.0 Å². The third-order valence-electron chi connectivity index (χ3n) is 5.76. The Labute approximate surface area is 212 Å². The van der Waals surface area contributed by atoms with E-state index in [0.717, 1.165) is 34.8 Å². The summed E-state index contributed by atoms with van der Waals surface area (Å²) in [6, 6.07) is 25.9. The number of rotatable bonds is 11. The Morgan fingerprint density at radius 3 is 2.03 bits per heavy atom. The normalized spacial score (nSPS) is 14.4. The first kappa shape index (κ1) is 26.0. The molecule has 1 saturated heterocycles. The van der Waals surface area contributed by atoms with E-state index in [-0.39, 0.29) is 13.2 Å². The van der Waals surface area contributed by atoms with Gasteiger partial charge in [0.15, 0.2) is 0 Å². The smallest absolute Gasteiger partial charge is 0.378 e. The van der Waals surface area contributed by atoms with E-state index in [0.29, 0.717) is 19.1 Å². The van der Waals surface area contributed by atoms with Gasteiger partial charge in [0.1, 0.15) is 0 Å². The molecule has 186 valence electrons. The summed E-state index contributed by atoms with van der Waals surface area (Å²) in [6.07, 6.45) is 0. The number of anilines is 1. The average Bonchev–Trinajstić information content (AvgIpc) is 2.91. The molecule has 1 N–H and O–H groups in total. The number of nitrogens with zero attached hydrogens (tertiary/aromatic N) is 1. The minimum absolute atomic E-state index is 0.183. The van der Waals surface area contributed by atoms with E-state index in [4.69, 9.17) is 13.8 Å². The van der Waals surface area contributed by atoms with Crippen LogP contribution in [0.4, 0.5) is 5.69 Å². The minimum Gasteiger partial charge on any atom is -0.378 e. The van der Waals surface area contributed by atoms with Crippen molar-refractivity contribution in [1.29, 1.82) is 0 Å². The molecule has 0 saturated carbocycles. The Morgan fingerprint density at radius 2 is 1.49 bits per heavy atom. The molecule has 8 heteroatoms. The second kappa shape index (κ2) is 12.7. The molecule has 4 rings (SSSR count). The highest BCUT2D eigenvalue weighted by molar-refractivity contribution is 8.02. The van der Waals surface area contributed by atoms with Crippen LogP contribution in [0.2, 0.25) is 0 Å². The summed E-state index contributed by atoms with van der Waals surface area (Å²) in [5.41, 5.74) is 4.17. The van der Waals surface area contributed by atoms with Crippen molar-refractivity contribution in [1.82, 2.24) is 4.49 Å². The van der Waals surface area contributed by atoms with E-state index in [2.05, 4.69) is 41.4 Å². The van der Waals surface area contributed by atoms with Crippen LogP contribution >= 0.6 is 19.7 Å². The van der Waals surface area contributed by atoms with E-state index in [1.165, 1.54) is 17.5 Å². The molecule has 0 aromatic heterocycles. The quantitative estimate of drug-likeness (QED) is 0.224. The first-order chi connectivity index (χ1) is 17.0. The van der Waals surface area contributed by atoms with E-state index < -0.39 is 7.75 Å². The molecule has 1 heterocycles. The third-order valence-corrected chi connectivity index (χ3v) is 8.50. The minimum atomic E-state index is -3.64. The Bertz CT molecular complexity index is 1060. The van der Waals surface area contributed by atoms with Crippen molar-refractivity contribution in [2.45, 2.75) is 37.9 Å². The standard InChI is InChI=1S/C27H33N2O4PS/c1-22(2)25-13-14-26(29-15-17-31-18-16-29)27(19-25)35-28-34(30,32-20-23-9-5-3-6-10-23)33-21-24-11-7-4-8-12-24/h3-14,19,22H,15-18,20-21H2,1-2H3,(H,28,30). The second-order valence-corrected chi connectivity index (χ2v) is 11.6. The van der Waals surface area contributed by atoms with Gasteiger partial charge in [0.05, 0.1) is 32.1 Å². The zero-order valence-corrected chi connectivity index (χ0v) is 22.0. The van der Waals surface area contributed by atoms with Crippen molar-refractivity contribution in [3.8, 4) is 0 Å². The SMILES string of the molecule is CC(C)c1ccc(N2CCOCC2)c(SNP(=O)(OCc2ccccc2)OCc2ccccc2)c1. The number of ether oxygens (including phenoxy) is 1. The molecule has 0 atom stereocenters. The maximum absolute atomic E-state index is 13.8. The van der Waals surface area contributed by atoms with E-state index >= 15 is 0 Å². The molecular formula is C27H33N2O4PS. The molecule has 6 nitrogen and oxygen atoms in total. The van der Waals surface area contributed by atoms with Crippen molar-refractivity contribution < 1.29 is 18.3 Å². The van der Waals surface area contributed by atoms with Gasteiger partial charge in [0.25, 0.3) is 0 Å². The lowest BCUT2D eigenvalue weighted by atomic mass is 10.0. The second-order valence-electron chi connectivity index (χ2n) is 8.69. The predicted octanol–water partition coefficient (Wildman–Crippen LogP) is 6.79. The molecule has 3 aromatic rings. The van der Waals surface area contributed by atoms with Crippen LogP contribution in [0, 0.1) is 0 Å². The van der Waals surface area contributed by atoms with Crippen molar-refractivity contribution in [2.24, 2.45) is 0 Å². The van der Waals surface area contributed by atoms with Gasteiger partial charge in [0.2, 0.25) is 0 Å². The highest BCUT2D eigenvalue weighted by Gasteiger charge is 2.27. The van der Waals surface area contributed by atoms with E-state index in [9.17, 15) is 4.57 Å². The largest absolute Gasteiger partial charge is 0.416 e. The Kier molecular flexibility index (Phi) is 9.44. The zero-order chi connectivity index (χ0) is 24.5. The highest BCUT2D eigenvalue weighted by Crippen LogP contribution is 2.49. The molecule has 1 fully saturated rings. The van der Waals surface area contributed by atoms with Crippen LogP contribution in [0.1, 0.15) is 36.5 Å². The van der Waals surface area contributed by atoms with Gasteiger partial charge in [-0.25, -0.2) is 4.57 Å². The summed E-state index contributed by atoms with van der Waals surface area (Å²) in [4.78, 5) is 3.29. The van der Waals surface area contributed by atoms with Gasteiger partial charge in [-0.15, -0.1) is 0 Å². The Hall–Kier alpha value is -2.12. The molecule has 0 radical (unpaired) electrons. The molecule has 0 spiro atoms. The molecule has 35 heavy (non-hydrogen) atoms. The summed E-state index contributed by atoms with van der Waals surface area (Å²) in [5, 5.41) is 0. The fourth-order valence-electron chi connectivity index (χ4n) is 3.70. The summed E-state index contributed by atoms with van der Waals surface area (Å²) >= 11 is 1.30. The number of morpholine rings is 1. The molecule has 1 aliphatic heterocycles. The molecule has 0 unspecified atom stereocenters. The summed E-state index contributed by atoms with van der Waals surface area (Å²) in [7, 11) is -3.64. The van der Waals surface area contributed by atoms with Gasteiger partial charge in [-0.2, -0.15) is 4.49 Å². The molecule has 0 bridgehead atoms. The monoisotopic (exact) mass is 512 g/mol. The van der Waals surface area contributed by atoms with Crippen LogP contribution in [0.3, 0.4) is 0 Å². The number of benzene rings is 3. The average molecular weight is 513 g/mol. The lowest BCUT2D eigenvalue weighted by molar-refractivity contribution is 0.122. The Morgan fingerprint density at radius 1 is 0.914 bits per heavy atom. The van der Waals surface area contributed by atoms with Crippen LogP contribution < -0.4 is 9.39 Å². The third kappa shape index (κ3) is 7.68. The lowest BCUT2D eigenvalue weighted by Crippen LogP contribution is -2.36. The zero-order valence-electron chi connectivity index (χ0n) is 20.3. The van der Waals surface area contributed by atoms with E-state index in [1.54, 1.807) is 0 Å². The van der Waals surface area contributed by atoms with Crippen molar-refractivity contribution in [2.75, 3.05) is 31.2 Å². The van der Waals surface area contributed by atoms with Crippen LogP contribution in [0.25, 0.3) is 0 Å². The van der Waals surface area contributed by atoms with Crippen LogP contribution in [-0.4, -0.2) is 26.3 Å². The summed E-state index contributed by atoms with van der Waals surface area (Å²) < 4.78 is 34.2. The van der Waals surface area contributed by atoms with E-state index in [1.807, 2.05) is 60.7 Å². The molecule has 1 aliphatic rings. The molecular weight excluding hydrogens is 479 g/mol. The first-order valence-electron chi connectivity index (χ1n) is 11.9. The highest BCUT2D eigenvalue weighted by atomic mass is 32.2. The van der Waals surface area contributed by atoms with Gasteiger partial charge in [-0.1, -0.05) is 80.6 Å². The fraction of sp³-hybridized carbons (Fsp3) is 0.333. The van der Waals surface area contributed by atoms with Crippen LogP contribution in [-0.2, 0) is 31.6 Å². The topological polar surface area (TPSA) is 60.0 Å². The molecule has 3 aromatic carbocycles. The van der Waals surface area contributed by atoms with Gasteiger partial charge in [-0.05, 0) is 46.7 Å². The number of nitrogens with one attached hydrogen (secondary N) is 1. The number of hydrogen-bond donors (Lipinski definition) is 1. The summed E-state index contributed by atoms with van der Waals surface area (Å²) in [6.45, 7) is 7.74. The van der Waals surface area contributed by atoms with Crippen molar-refractivity contribution in [3.05, 3.63) is 95.6 Å². The van der Waals surface area contributed by atoms with Crippen LogP contribution in [0.15, 0.2) is 83.8 Å². The molecule has 0 amide bonds. The number of hydrogen-bond acceptors (Lipinski definition) is 6. The maximum atomic E-state index is 13.8. The maximum Gasteiger partial charge on any atom is 0.416 e. The Balaban J connectivity index is 1.53.